The van der Waals surface area contributed by atoms with Gasteiger partial charge >= 0.3 is 0 Å². The average molecular weight is 614 g/mol. The molecule has 0 N–H and O–H groups in total. The second-order valence-corrected chi connectivity index (χ2v) is 12.2. The van der Waals surface area contributed by atoms with Gasteiger partial charge in [0.1, 0.15) is 11.3 Å². The number of para-hydroxylation sites is 1. The molecule has 8 aromatic carbocycles. The molecule has 0 amide bonds. The molecule has 2 nitrogen and oxygen atoms in total. The molecule has 0 unspecified atom stereocenters. The molecule has 0 aliphatic carbocycles. The van der Waals surface area contributed by atoms with Gasteiger partial charge in [0.2, 0.25) is 0 Å². The lowest BCUT2D eigenvalue weighted by Crippen LogP contribution is -2.10. The molecule has 0 radical (unpaired) electrons. The lowest BCUT2D eigenvalue weighted by atomic mass is 9.97. The van der Waals surface area contributed by atoms with Gasteiger partial charge in [-0.1, -0.05) is 140 Å². The summed E-state index contributed by atoms with van der Waals surface area (Å²) in [5, 5.41) is 6.10. The molecule has 0 saturated heterocycles. The number of nitrogens with zero attached hydrogens (tertiary/aromatic N) is 1. The molecule has 0 aliphatic rings. The summed E-state index contributed by atoms with van der Waals surface area (Å²) in [5.41, 5.74) is 9.93. The van der Waals surface area contributed by atoms with Gasteiger partial charge in [-0.25, -0.2) is 0 Å². The predicted molar refractivity (Wildman–Crippen MR) is 202 cm³/mol. The Morgan fingerprint density at radius 3 is 1.83 bits per heavy atom. The molecule has 0 atom stereocenters. The molecule has 0 aliphatic heterocycles. The number of hydrogen-bond acceptors (Lipinski definition) is 2. The first kappa shape index (κ1) is 27.9. The van der Waals surface area contributed by atoms with Crippen molar-refractivity contribution >= 4 is 49.6 Å². The standard InChI is InChI=1S/C46H31NO/c1-2-11-32(12-3-1)35-15-10-16-39(29-35)47(40-27-28-43-36(30-40)22-21-33-13-4-6-17-41(33)43)38-25-23-34(24-26-38)42-18-7-8-19-44(42)46-31-37-14-5-9-20-45(37)48-46/h1-31H. The topological polar surface area (TPSA) is 16.4 Å². The first-order valence-electron chi connectivity index (χ1n) is 16.3. The summed E-state index contributed by atoms with van der Waals surface area (Å²) in [6.07, 6.45) is 0. The molecular formula is C46H31NO. The van der Waals surface area contributed by atoms with E-state index in [4.69, 9.17) is 4.42 Å². The van der Waals surface area contributed by atoms with Crippen molar-refractivity contribution in [2.45, 2.75) is 0 Å². The molecule has 226 valence electrons. The third-order valence-electron chi connectivity index (χ3n) is 9.25. The SMILES string of the molecule is c1ccc(-c2cccc(N(c3ccc(-c4ccccc4-c4cc5ccccc5o4)cc3)c3ccc4c(ccc5ccccc54)c3)c2)cc1. The fraction of sp³-hybridized carbons (Fsp3) is 0. The van der Waals surface area contributed by atoms with Gasteiger partial charge in [-0.3, -0.25) is 0 Å². The molecule has 48 heavy (non-hydrogen) atoms. The Morgan fingerprint density at radius 2 is 0.979 bits per heavy atom. The van der Waals surface area contributed by atoms with E-state index in [1.165, 1.54) is 32.7 Å². The van der Waals surface area contributed by atoms with Gasteiger partial charge < -0.3 is 9.32 Å². The van der Waals surface area contributed by atoms with Gasteiger partial charge in [-0.2, -0.15) is 0 Å². The Balaban J connectivity index is 1.16. The van der Waals surface area contributed by atoms with E-state index < -0.39 is 0 Å². The highest BCUT2D eigenvalue weighted by atomic mass is 16.3. The van der Waals surface area contributed by atoms with Crippen LogP contribution in [0.3, 0.4) is 0 Å². The first-order valence-corrected chi connectivity index (χ1v) is 16.3. The molecule has 1 heterocycles. The zero-order chi connectivity index (χ0) is 31.9. The van der Waals surface area contributed by atoms with Crippen LogP contribution in [-0.2, 0) is 0 Å². The Bertz CT molecular complexity index is 2530. The van der Waals surface area contributed by atoms with Crippen molar-refractivity contribution in [2.75, 3.05) is 4.90 Å². The quantitative estimate of drug-likeness (QED) is 0.174. The summed E-state index contributed by atoms with van der Waals surface area (Å²) in [6, 6.07) is 66.9. The van der Waals surface area contributed by atoms with Crippen LogP contribution in [0.15, 0.2) is 192 Å². The maximum Gasteiger partial charge on any atom is 0.136 e. The van der Waals surface area contributed by atoms with Gasteiger partial charge in [-0.05, 0) is 92.3 Å². The third-order valence-corrected chi connectivity index (χ3v) is 9.25. The summed E-state index contributed by atoms with van der Waals surface area (Å²) in [5.74, 6) is 0.874. The fourth-order valence-electron chi connectivity index (χ4n) is 6.90. The van der Waals surface area contributed by atoms with Crippen LogP contribution in [0, 0.1) is 0 Å². The molecule has 9 aromatic rings. The van der Waals surface area contributed by atoms with E-state index in [1.54, 1.807) is 0 Å². The molecule has 2 heteroatoms. The Morgan fingerprint density at radius 1 is 0.333 bits per heavy atom. The van der Waals surface area contributed by atoms with Crippen molar-refractivity contribution in [3.63, 3.8) is 0 Å². The fourth-order valence-corrected chi connectivity index (χ4v) is 6.90. The zero-order valence-electron chi connectivity index (χ0n) is 26.3. The van der Waals surface area contributed by atoms with Crippen LogP contribution in [0.1, 0.15) is 0 Å². The number of furan rings is 1. The van der Waals surface area contributed by atoms with Crippen LogP contribution < -0.4 is 4.90 Å². The minimum atomic E-state index is 0.874. The summed E-state index contributed by atoms with van der Waals surface area (Å²) < 4.78 is 6.30. The highest BCUT2D eigenvalue weighted by Gasteiger charge is 2.17. The molecule has 1 aromatic heterocycles. The Labute approximate surface area is 279 Å². The van der Waals surface area contributed by atoms with Crippen molar-refractivity contribution in [3.05, 3.63) is 188 Å². The summed E-state index contributed by atoms with van der Waals surface area (Å²) in [4.78, 5) is 2.36. The van der Waals surface area contributed by atoms with E-state index >= 15 is 0 Å². The van der Waals surface area contributed by atoms with E-state index in [2.05, 4.69) is 175 Å². The largest absolute Gasteiger partial charge is 0.456 e. The van der Waals surface area contributed by atoms with E-state index in [9.17, 15) is 0 Å². The summed E-state index contributed by atoms with van der Waals surface area (Å²) in [6.45, 7) is 0. The molecule has 0 spiro atoms. The lowest BCUT2D eigenvalue weighted by Gasteiger charge is -2.27. The van der Waals surface area contributed by atoms with Gasteiger partial charge in [0.15, 0.2) is 0 Å². The smallest absolute Gasteiger partial charge is 0.136 e. The van der Waals surface area contributed by atoms with Crippen molar-refractivity contribution in [1.82, 2.24) is 0 Å². The van der Waals surface area contributed by atoms with Crippen molar-refractivity contribution in [1.29, 1.82) is 0 Å². The maximum absolute atomic E-state index is 6.30. The van der Waals surface area contributed by atoms with E-state index in [-0.39, 0.29) is 0 Å². The van der Waals surface area contributed by atoms with E-state index in [0.29, 0.717) is 0 Å². The van der Waals surface area contributed by atoms with Gasteiger partial charge in [0, 0.05) is 28.0 Å². The number of hydrogen-bond donors (Lipinski definition) is 0. The van der Waals surface area contributed by atoms with Crippen LogP contribution in [0.2, 0.25) is 0 Å². The minimum absolute atomic E-state index is 0.874. The summed E-state index contributed by atoms with van der Waals surface area (Å²) in [7, 11) is 0. The number of benzene rings is 8. The molecule has 0 saturated carbocycles. The molecule has 0 fully saturated rings. The highest BCUT2D eigenvalue weighted by molar-refractivity contribution is 6.08. The second kappa shape index (κ2) is 11.8. The number of rotatable bonds is 6. The Kier molecular flexibility index (Phi) is 6.84. The monoisotopic (exact) mass is 613 g/mol. The number of anilines is 3. The summed E-state index contributed by atoms with van der Waals surface area (Å²) >= 11 is 0. The van der Waals surface area contributed by atoms with E-state index in [1.807, 2.05) is 18.2 Å². The molecule has 0 bridgehead atoms. The van der Waals surface area contributed by atoms with Crippen LogP contribution >= 0.6 is 0 Å². The first-order chi connectivity index (χ1) is 23.8. The highest BCUT2D eigenvalue weighted by Crippen LogP contribution is 2.41. The van der Waals surface area contributed by atoms with Crippen molar-refractivity contribution in [3.8, 4) is 33.6 Å². The van der Waals surface area contributed by atoms with Crippen molar-refractivity contribution in [2.24, 2.45) is 0 Å². The maximum atomic E-state index is 6.30. The third kappa shape index (κ3) is 5.01. The van der Waals surface area contributed by atoms with Crippen LogP contribution in [0.4, 0.5) is 17.1 Å². The van der Waals surface area contributed by atoms with E-state index in [0.717, 1.165) is 50.5 Å². The van der Waals surface area contributed by atoms with Crippen LogP contribution in [0.25, 0.3) is 66.1 Å². The Hall–Kier alpha value is -6.38. The molecular weight excluding hydrogens is 583 g/mol. The minimum Gasteiger partial charge on any atom is -0.456 e. The van der Waals surface area contributed by atoms with Gasteiger partial charge in [0.25, 0.3) is 0 Å². The predicted octanol–water partition coefficient (Wildman–Crippen LogP) is 13.2. The second-order valence-electron chi connectivity index (χ2n) is 12.2. The zero-order valence-corrected chi connectivity index (χ0v) is 26.3. The molecule has 9 rings (SSSR count). The normalized spacial score (nSPS) is 11.3. The van der Waals surface area contributed by atoms with Crippen LogP contribution in [0.5, 0.6) is 0 Å². The average Bonchev–Trinajstić information content (AvgIpc) is 3.60. The van der Waals surface area contributed by atoms with Crippen LogP contribution in [-0.4, -0.2) is 0 Å². The lowest BCUT2D eigenvalue weighted by molar-refractivity contribution is 0.632. The van der Waals surface area contributed by atoms with Gasteiger partial charge in [-0.15, -0.1) is 0 Å². The van der Waals surface area contributed by atoms with Crippen molar-refractivity contribution < 1.29 is 4.42 Å². The number of fused-ring (bicyclic) bond motifs is 4. The van der Waals surface area contributed by atoms with Gasteiger partial charge in [0.05, 0.1) is 0 Å².